The van der Waals surface area contributed by atoms with E-state index in [4.69, 9.17) is 9.47 Å². The molecule has 0 radical (unpaired) electrons. The third-order valence-electron chi connectivity index (χ3n) is 4.08. The summed E-state index contributed by atoms with van der Waals surface area (Å²) in [7, 11) is 1.74. The summed E-state index contributed by atoms with van der Waals surface area (Å²) in [6, 6.07) is 6.65. The fourth-order valence-corrected chi connectivity index (χ4v) is 3.33. The van der Waals surface area contributed by atoms with Crippen molar-refractivity contribution in [2.24, 2.45) is 0 Å². The molecule has 4 heteroatoms. The average molecular weight is 276 g/mol. The molecule has 3 rings (SSSR count). The van der Waals surface area contributed by atoms with Gasteiger partial charge in [-0.25, -0.2) is 0 Å². The second kappa shape index (κ2) is 6.12. The third kappa shape index (κ3) is 2.97. The van der Waals surface area contributed by atoms with Crippen LogP contribution in [-0.2, 0) is 22.4 Å². The van der Waals surface area contributed by atoms with Crippen LogP contribution in [0, 0.1) is 0 Å². The Kier molecular flexibility index (Phi) is 4.24. The van der Waals surface area contributed by atoms with Crippen LogP contribution in [0.5, 0.6) is 0 Å². The Bertz CT molecular complexity index is 464. The summed E-state index contributed by atoms with van der Waals surface area (Å²) in [6.07, 6.45) is 1.61. The number of nitrogens with zero attached hydrogens (tertiary/aromatic N) is 1. The van der Waals surface area contributed by atoms with Crippen LogP contribution in [0.3, 0.4) is 0 Å². The van der Waals surface area contributed by atoms with Gasteiger partial charge < -0.3 is 14.8 Å². The van der Waals surface area contributed by atoms with Crippen LogP contribution in [0.25, 0.3) is 0 Å². The summed E-state index contributed by atoms with van der Waals surface area (Å²) < 4.78 is 11.1. The van der Waals surface area contributed by atoms with E-state index in [1.165, 1.54) is 16.8 Å². The maximum atomic E-state index is 5.90. The molecule has 2 unspecified atom stereocenters. The van der Waals surface area contributed by atoms with E-state index in [1.54, 1.807) is 7.11 Å². The maximum Gasteiger partial charge on any atom is 0.0939 e. The highest BCUT2D eigenvalue weighted by Crippen LogP contribution is 2.28. The normalized spacial score (nSPS) is 26.3. The highest BCUT2D eigenvalue weighted by Gasteiger charge is 2.26. The molecule has 1 aromatic rings. The Morgan fingerprint density at radius 2 is 2.30 bits per heavy atom. The van der Waals surface area contributed by atoms with Gasteiger partial charge in [0, 0.05) is 39.0 Å². The first kappa shape index (κ1) is 13.9. The second-order valence-electron chi connectivity index (χ2n) is 5.85. The van der Waals surface area contributed by atoms with E-state index in [-0.39, 0.29) is 12.2 Å². The van der Waals surface area contributed by atoms with E-state index in [1.807, 2.05) is 0 Å². The van der Waals surface area contributed by atoms with E-state index in [9.17, 15) is 0 Å². The van der Waals surface area contributed by atoms with Crippen molar-refractivity contribution in [2.75, 3.05) is 38.7 Å². The molecule has 2 aliphatic heterocycles. The van der Waals surface area contributed by atoms with Gasteiger partial charge in [-0.15, -0.1) is 0 Å². The SMILES string of the molecule is COCC1CN(Cc2cccc3c2NCC3)CC(C)O1. The molecule has 1 aromatic carbocycles. The fraction of sp³-hybridized carbons (Fsp3) is 0.625. The van der Waals surface area contributed by atoms with Gasteiger partial charge in [0.1, 0.15) is 0 Å². The first-order valence-corrected chi connectivity index (χ1v) is 7.47. The number of morpholine rings is 1. The standard InChI is InChI=1S/C16H24N2O2/c1-12-8-18(10-15(20-12)11-19-2)9-14-5-3-4-13-6-7-17-16(13)14/h3-5,12,15,17H,6-11H2,1-2H3. The number of methoxy groups -OCH3 is 1. The highest BCUT2D eigenvalue weighted by molar-refractivity contribution is 5.61. The van der Waals surface area contributed by atoms with E-state index in [0.29, 0.717) is 6.61 Å². The molecule has 4 nitrogen and oxygen atoms in total. The van der Waals surface area contributed by atoms with Gasteiger partial charge in [-0.3, -0.25) is 4.90 Å². The lowest BCUT2D eigenvalue weighted by molar-refractivity contribution is -0.103. The highest BCUT2D eigenvalue weighted by atomic mass is 16.5. The number of hydrogen-bond donors (Lipinski definition) is 1. The summed E-state index contributed by atoms with van der Waals surface area (Å²) >= 11 is 0. The van der Waals surface area contributed by atoms with Gasteiger partial charge in [0.15, 0.2) is 0 Å². The molecule has 2 heterocycles. The van der Waals surface area contributed by atoms with Gasteiger partial charge in [0.25, 0.3) is 0 Å². The first-order valence-electron chi connectivity index (χ1n) is 7.47. The molecule has 0 aliphatic carbocycles. The summed E-state index contributed by atoms with van der Waals surface area (Å²) in [6.45, 7) is 6.81. The van der Waals surface area contributed by atoms with Gasteiger partial charge in [0.2, 0.25) is 0 Å². The van der Waals surface area contributed by atoms with E-state index < -0.39 is 0 Å². The second-order valence-corrected chi connectivity index (χ2v) is 5.85. The molecule has 0 aromatic heterocycles. The summed E-state index contributed by atoms with van der Waals surface area (Å²) in [5, 5.41) is 3.52. The van der Waals surface area contributed by atoms with Crippen LogP contribution in [-0.4, -0.2) is 50.5 Å². The molecular weight excluding hydrogens is 252 g/mol. The lowest BCUT2D eigenvalue weighted by Gasteiger charge is -2.36. The first-order chi connectivity index (χ1) is 9.76. The quantitative estimate of drug-likeness (QED) is 0.910. The minimum atomic E-state index is 0.188. The predicted molar refractivity (Wildman–Crippen MR) is 80.1 cm³/mol. The lowest BCUT2D eigenvalue weighted by atomic mass is 10.1. The van der Waals surface area contributed by atoms with E-state index in [0.717, 1.165) is 32.6 Å². The molecule has 1 saturated heterocycles. The number of benzene rings is 1. The van der Waals surface area contributed by atoms with Gasteiger partial charge >= 0.3 is 0 Å². The number of rotatable bonds is 4. The van der Waals surface area contributed by atoms with Crippen molar-refractivity contribution in [2.45, 2.75) is 32.1 Å². The van der Waals surface area contributed by atoms with Gasteiger partial charge in [0.05, 0.1) is 18.8 Å². The van der Waals surface area contributed by atoms with E-state index >= 15 is 0 Å². The fourth-order valence-electron chi connectivity index (χ4n) is 3.33. The summed E-state index contributed by atoms with van der Waals surface area (Å²) in [5.74, 6) is 0. The van der Waals surface area contributed by atoms with Crippen molar-refractivity contribution in [1.29, 1.82) is 0 Å². The van der Waals surface area contributed by atoms with Crippen molar-refractivity contribution >= 4 is 5.69 Å². The molecule has 1 fully saturated rings. The molecule has 0 saturated carbocycles. The maximum absolute atomic E-state index is 5.90. The molecular formula is C16H24N2O2. The molecule has 20 heavy (non-hydrogen) atoms. The molecule has 110 valence electrons. The minimum absolute atomic E-state index is 0.188. The number of fused-ring (bicyclic) bond motifs is 1. The van der Waals surface area contributed by atoms with Crippen LogP contribution in [0.4, 0.5) is 5.69 Å². The summed E-state index contributed by atoms with van der Waals surface area (Å²) in [5.41, 5.74) is 4.22. The van der Waals surface area contributed by atoms with E-state index in [2.05, 4.69) is 35.3 Å². The van der Waals surface area contributed by atoms with Crippen molar-refractivity contribution in [1.82, 2.24) is 4.90 Å². The number of ether oxygens (including phenoxy) is 2. The Morgan fingerprint density at radius 3 is 3.15 bits per heavy atom. The molecule has 0 spiro atoms. The van der Waals surface area contributed by atoms with Crippen LogP contribution >= 0.6 is 0 Å². The van der Waals surface area contributed by atoms with Crippen LogP contribution < -0.4 is 5.32 Å². The van der Waals surface area contributed by atoms with Crippen LogP contribution in [0.15, 0.2) is 18.2 Å². The zero-order valence-electron chi connectivity index (χ0n) is 12.4. The molecule has 0 amide bonds. The van der Waals surface area contributed by atoms with Crippen LogP contribution in [0.1, 0.15) is 18.1 Å². The molecule has 0 bridgehead atoms. The van der Waals surface area contributed by atoms with Gasteiger partial charge in [-0.05, 0) is 24.5 Å². The molecule has 2 aliphatic rings. The monoisotopic (exact) mass is 276 g/mol. The number of para-hydroxylation sites is 1. The smallest absolute Gasteiger partial charge is 0.0939 e. The van der Waals surface area contributed by atoms with Crippen molar-refractivity contribution in [3.8, 4) is 0 Å². The van der Waals surface area contributed by atoms with Gasteiger partial charge in [-0.1, -0.05) is 18.2 Å². The van der Waals surface area contributed by atoms with Crippen molar-refractivity contribution < 1.29 is 9.47 Å². The number of hydrogen-bond acceptors (Lipinski definition) is 4. The Labute approximate surface area is 121 Å². The zero-order chi connectivity index (χ0) is 13.9. The lowest BCUT2D eigenvalue weighted by Crippen LogP contribution is -2.47. The minimum Gasteiger partial charge on any atom is -0.384 e. The zero-order valence-corrected chi connectivity index (χ0v) is 12.4. The third-order valence-corrected chi connectivity index (χ3v) is 4.08. The largest absolute Gasteiger partial charge is 0.384 e. The Balaban J connectivity index is 1.69. The average Bonchev–Trinajstić information content (AvgIpc) is 2.88. The number of anilines is 1. The summed E-state index contributed by atoms with van der Waals surface area (Å²) in [4.78, 5) is 2.48. The number of nitrogens with one attached hydrogen (secondary N) is 1. The van der Waals surface area contributed by atoms with Gasteiger partial charge in [-0.2, -0.15) is 0 Å². The van der Waals surface area contributed by atoms with Crippen LogP contribution in [0.2, 0.25) is 0 Å². The molecule has 2 atom stereocenters. The Morgan fingerprint density at radius 1 is 1.40 bits per heavy atom. The predicted octanol–water partition coefficient (Wildman–Crippen LogP) is 1.89. The Hall–Kier alpha value is -1.10. The topological polar surface area (TPSA) is 33.7 Å². The molecule has 1 N–H and O–H groups in total. The van der Waals surface area contributed by atoms with Crippen molar-refractivity contribution in [3.63, 3.8) is 0 Å². The van der Waals surface area contributed by atoms with Crippen molar-refractivity contribution in [3.05, 3.63) is 29.3 Å².